The van der Waals surface area contributed by atoms with Crippen LogP contribution in [0.3, 0.4) is 0 Å². The third-order valence-electron chi connectivity index (χ3n) is 3.73. The van der Waals surface area contributed by atoms with Crippen LogP contribution in [0.2, 0.25) is 0 Å². The molecule has 0 spiro atoms. The van der Waals surface area contributed by atoms with Crippen LogP contribution in [0.4, 0.5) is 0 Å². The normalized spacial score (nSPS) is 27.9. The van der Waals surface area contributed by atoms with E-state index in [0.717, 1.165) is 0 Å². The molecule has 0 aromatic heterocycles. The van der Waals surface area contributed by atoms with Gasteiger partial charge in [0.2, 0.25) is 0 Å². The summed E-state index contributed by atoms with van der Waals surface area (Å²) in [6, 6.07) is 4.84. The molecule has 15 heavy (non-hydrogen) atoms. The van der Waals surface area contributed by atoms with E-state index >= 15 is 0 Å². The molecule has 1 aromatic rings. The van der Waals surface area contributed by atoms with Gasteiger partial charge in [-0.1, -0.05) is 41.9 Å². The van der Waals surface area contributed by atoms with E-state index < -0.39 is 0 Å². The molecule has 0 bridgehead atoms. The molecule has 0 aliphatic heterocycles. The fourth-order valence-corrected chi connectivity index (χ4v) is 2.70. The average molecular weight is 268 g/mol. The summed E-state index contributed by atoms with van der Waals surface area (Å²) in [6.07, 6.45) is 0. The summed E-state index contributed by atoms with van der Waals surface area (Å²) in [6.45, 7) is 8.77. The highest BCUT2D eigenvalue weighted by atomic mass is 79.9. The van der Waals surface area contributed by atoms with Crippen molar-refractivity contribution in [2.45, 2.75) is 39.7 Å². The molecule has 1 nitrogen and oxygen atoms in total. The van der Waals surface area contributed by atoms with Gasteiger partial charge >= 0.3 is 0 Å². The van der Waals surface area contributed by atoms with Gasteiger partial charge < -0.3 is 5.73 Å². The Balaban J connectivity index is 2.40. The number of nitrogens with two attached hydrogens (primary N) is 1. The molecule has 1 fully saturated rings. The van der Waals surface area contributed by atoms with E-state index in [1.165, 1.54) is 21.2 Å². The molecule has 0 amide bonds. The van der Waals surface area contributed by atoms with Crippen LogP contribution in [-0.2, 0) is 0 Å². The first kappa shape index (κ1) is 11.2. The molecule has 0 saturated heterocycles. The van der Waals surface area contributed by atoms with E-state index in [2.05, 4.69) is 55.8 Å². The first-order chi connectivity index (χ1) is 6.85. The van der Waals surface area contributed by atoms with Crippen molar-refractivity contribution in [1.29, 1.82) is 0 Å². The van der Waals surface area contributed by atoms with Crippen molar-refractivity contribution in [1.82, 2.24) is 0 Å². The first-order valence-corrected chi connectivity index (χ1v) is 6.17. The number of aryl methyl sites for hydroxylation is 2. The summed E-state index contributed by atoms with van der Waals surface area (Å²) in [7, 11) is 0. The molecule has 1 saturated carbocycles. The van der Waals surface area contributed by atoms with Gasteiger partial charge in [-0.15, -0.1) is 0 Å². The second-order valence-corrected chi connectivity index (χ2v) is 6.09. The summed E-state index contributed by atoms with van der Waals surface area (Å²) in [5.41, 5.74) is 10.4. The van der Waals surface area contributed by atoms with E-state index in [1.54, 1.807) is 0 Å². The van der Waals surface area contributed by atoms with Gasteiger partial charge in [0, 0.05) is 16.4 Å². The van der Waals surface area contributed by atoms with Crippen molar-refractivity contribution in [3.8, 4) is 0 Å². The van der Waals surface area contributed by atoms with Crippen molar-refractivity contribution < 1.29 is 0 Å². The lowest BCUT2D eigenvalue weighted by Crippen LogP contribution is -2.06. The molecular weight excluding hydrogens is 250 g/mol. The lowest BCUT2D eigenvalue weighted by atomic mass is 9.99. The van der Waals surface area contributed by atoms with Crippen LogP contribution in [0.1, 0.15) is 36.5 Å². The van der Waals surface area contributed by atoms with Crippen LogP contribution >= 0.6 is 15.9 Å². The molecule has 1 aromatic carbocycles. The zero-order valence-electron chi connectivity index (χ0n) is 9.76. The quantitative estimate of drug-likeness (QED) is 0.828. The van der Waals surface area contributed by atoms with Gasteiger partial charge in [0.05, 0.1) is 0 Å². The minimum Gasteiger partial charge on any atom is -0.327 e. The Morgan fingerprint density at radius 1 is 1.20 bits per heavy atom. The molecule has 82 valence electrons. The number of hydrogen-bond donors (Lipinski definition) is 1. The molecule has 2 rings (SSSR count). The van der Waals surface area contributed by atoms with E-state index in [1.807, 2.05) is 0 Å². The Labute approximate surface area is 100 Å². The number of hydrogen-bond acceptors (Lipinski definition) is 1. The Hall–Kier alpha value is -0.340. The molecular formula is C13H18BrN. The molecule has 2 N–H and O–H groups in total. The van der Waals surface area contributed by atoms with Gasteiger partial charge in [0.1, 0.15) is 0 Å². The third-order valence-corrected chi connectivity index (χ3v) is 4.98. The van der Waals surface area contributed by atoms with Gasteiger partial charge in [-0.3, -0.25) is 0 Å². The van der Waals surface area contributed by atoms with Crippen molar-refractivity contribution in [2.24, 2.45) is 11.1 Å². The Morgan fingerprint density at radius 2 is 1.60 bits per heavy atom. The summed E-state index contributed by atoms with van der Waals surface area (Å²) in [5, 5.41) is 0. The largest absolute Gasteiger partial charge is 0.327 e. The van der Waals surface area contributed by atoms with Crippen molar-refractivity contribution >= 4 is 15.9 Å². The van der Waals surface area contributed by atoms with Crippen LogP contribution in [0.25, 0.3) is 0 Å². The highest BCUT2D eigenvalue weighted by molar-refractivity contribution is 9.10. The van der Waals surface area contributed by atoms with Gasteiger partial charge in [0.15, 0.2) is 0 Å². The minimum absolute atomic E-state index is 0.271. The lowest BCUT2D eigenvalue weighted by molar-refractivity contribution is 0.599. The zero-order chi connectivity index (χ0) is 11.4. The number of rotatable bonds is 1. The van der Waals surface area contributed by atoms with Gasteiger partial charge in [-0.25, -0.2) is 0 Å². The van der Waals surface area contributed by atoms with E-state index in [-0.39, 0.29) is 5.41 Å². The van der Waals surface area contributed by atoms with Gasteiger partial charge in [-0.05, 0) is 36.0 Å². The van der Waals surface area contributed by atoms with Crippen LogP contribution in [0, 0.1) is 19.3 Å². The van der Waals surface area contributed by atoms with Crippen LogP contribution in [0.5, 0.6) is 0 Å². The second kappa shape index (κ2) is 3.33. The maximum atomic E-state index is 6.10. The maximum absolute atomic E-state index is 6.10. The molecule has 2 atom stereocenters. The fourth-order valence-electron chi connectivity index (χ4n) is 2.47. The Kier molecular flexibility index (Phi) is 2.47. The smallest absolute Gasteiger partial charge is 0.0233 e. The highest BCUT2D eigenvalue weighted by Gasteiger charge is 2.56. The molecule has 0 heterocycles. The number of halogens is 1. The predicted octanol–water partition coefficient (Wildman–Crippen LogP) is 3.52. The third kappa shape index (κ3) is 1.64. The zero-order valence-corrected chi connectivity index (χ0v) is 11.4. The Bertz CT molecular complexity index is 386. The molecule has 1 aliphatic rings. The Morgan fingerprint density at radius 3 is 1.93 bits per heavy atom. The number of benzene rings is 1. The monoisotopic (exact) mass is 267 g/mol. The van der Waals surface area contributed by atoms with Crippen LogP contribution < -0.4 is 5.73 Å². The molecule has 1 aliphatic carbocycles. The minimum atomic E-state index is 0.271. The SMILES string of the molecule is Cc1cc(C2C(N)C2(C)C)cc(C)c1Br. The standard InChI is InChI=1S/C13H18BrN/c1-7-5-9(6-8(2)11(7)14)10-12(15)13(10,3)4/h5-6,10,12H,15H2,1-4H3. The van der Waals surface area contributed by atoms with Gasteiger partial charge in [-0.2, -0.15) is 0 Å². The van der Waals surface area contributed by atoms with E-state index in [4.69, 9.17) is 5.73 Å². The van der Waals surface area contributed by atoms with E-state index in [9.17, 15) is 0 Å². The predicted molar refractivity (Wildman–Crippen MR) is 68.1 cm³/mol. The summed E-state index contributed by atoms with van der Waals surface area (Å²) < 4.78 is 1.22. The molecule has 0 radical (unpaired) electrons. The first-order valence-electron chi connectivity index (χ1n) is 5.38. The highest BCUT2D eigenvalue weighted by Crippen LogP contribution is 2.57. The summed E-state index contributed by atoms with van der Waals surface area (Å²) in [4.78, 5) is 0. The summed E-state index contributed by atoms with van der Waals surface area (Å²) in [5.74, 6) is 0.531. The summed E-state index contributed by atoms with van der Waals surface area (Å²) >= 11 is 3.60. The van der Waals surface area contributed by atoms with Crippen molar-refractivity contribution in [3.63, 3.8) is 0 Å². The fraction of sp³-hybridized carbons (Fsp3) is 0.538. The van der Waals surface area contributed by atoms with Crippen molar-refractivity contribution in [3.05, 3.63) is 33.3 Å². The molecule has 2 heteroatoms. The van der Waals surface area contributed by atoms with Gasteiger partial charge in [0.25, 0.3) is 0 Å². The van der Waals surface area contributed by atoms with E-state index in [0.29, 0.717) is 12.0 Å². The van der Waals surface area contributed by atoms with Crippen LogP contribution in [0.15, 0.2) is 16.6 Å². The van der Waals surface area contributed by atoms with Crippen molar-refractivity contribution in [2.75, 3.05) is 0 Å². The average Bonchev–Trinajstić information content (AvgIpc) is 2.61. The lowest BCUT2D eigenvalue weighted by Gasteiger charge is -2.08. The second-order valence-electron chi connectivity index (χ2n) is 5.29. The molecule has 2 unspecified atom stereocenters. The topological polar surface area (TPSA) is 26.0 Å². The maximum Gasteiger partial charge on any atom is 0.0233 e. The van der Waals surface area contributed by atoms with Crippen LogP contribution in [-0.4, -0.2) is 6.04 Å².